The Bertz CT molecular complexity index is 928. The van der Waals surface area contributed by atoms with Crippen molar-refractivity contribution in [3.05, 3.63) is 35.9 Å². The molecule has 1 aromatic rings. The Morgan fingerprint density at radius 1 is 0.825 bits per heavy atom. The third-order valence-corrected chi connectivity index (χ3v) is 6.22. The second-order valence-electron chi connectivity index (χ2n) is 12.5. The molecule has 2 aliphatic rings. The van der Waals surface area contributed by atoms with Gasteiger partial charge in [0, 0.05) is 38.3 Å². The number of hydrogen-bond donors (Lipinski definition) is 2. The highest BCUT2D eigenvalue weighted by molar-refractivity contribution is 5.69. The van der Waals surface area contributed by atoms with Crippen molar-refractivity contribution >= 4 is 18.3 Å². The van der Waals surface area contributed by atoms with E-state index in [2.05, 4.69) is 5.32 Å². The average Bonchev–Trinajstić information content (AvgIpc) is 3.22. The molecule has 0 radical (unpaired) electrons. The summed E-state index contributed by atoms with van der Waals surface area (Å²) in [4.78, 5) is 39.5. The van der Waals surface area contributed by atoms with Crippen molar-refractivity contribution in [3.8, 4) is 0 Å². The molecular weight excluding hydrogens is 512 g/mol. The highest BCUT2D eigenvalue weighted by atomic mass is 16.6. The van der Waals surface area contributed by atoms with Crippen molar-refractivity contribution in [3.63, 3.8) is 0 Å². The predicted octanol–water partition coefficient (Wildman–Crippen LogP) is 5.44. The van der Waals surface area contributed by atoms with Crippen molar-refractivity contribution in [2.45, 2.75) is 110 Å². The molecule has 0 spiro atoms. The zero-order valence-corrected chi connectivity index (χ0v) is 25.2. The van der Waals surface area contributed by atoms with Crippen LogP contribution in [0.1, 0.15) is 85.6 Å². The molecule has 2 atom stereocenters. The second-order valence-corrected chi connectivity index (χ2v) is 12.5. The topological polar surface area (TPSA) is 123 Å². The normalized spacial score (nSPS) is 20.2. The fourth-order valence-electron chi connectivity index (χ4n) is 4.35. The lowest BCUT2D eigenvalue weighted by Gasteiger charge is -2.28. The first kappa shape index (κ1) is 33.2. The first-order valence-corrected chi connectivity index (χ1v) is 14.4. The van der Waals surface area contributed by atoms with Gasteiger partial charge in [-0.3, -0.25) is 0 Å². The Labute approximate surface area is 239 Å². The summed E-state index contributed by atoms with van der Waals surface area (Å²) in [6.07, 6.45) is 4.75. The predicted molar refractivity (Wildman–Crippen MR) is 155 cm³/mol. The number of rotatable bonds is 3. The Morgan fingerprint density at radius 2 is 1.35 bits per heavy atom. The van der Waals surface area contributed by atoms with E-state index in [1.807, 2.05) is 71.9 Å². The first-order valence-electron chi connectivity index (χ1n) is 14.4. The molecule has 10 nitrogen and oxygen atoms in total. The van der Waals surface area contributed by atoms with Crippen molar-refractivity contribution in [1.29, 1.82) is 0 Å². The van der Waals surface area contributed by atoms with Crippen LogP contribution in [0.2, 0.25) is 0 Å². The molecule has 226 valence electrons. The van der Waals surface area contributed by atoms with E-state index in [1.165, 1.54) is 0 Å². The van der Waals surface area contributed by atoms with E-state index in [4.69, 9.17) is 19.9 Å². The first-order chi connectivity index (χ1) is 18.7. The zero-order valence-electron chi connectivity index (χ0n) is 25.2. The van der Waals surface area contributed by atoms with Crippen LogP contribution in [0.25, 0.3) is 0 Å². The summed E-state index contributed by atoms with van der Waals surface area (Å²) in [5.41, 5.74) is 5.87. The van der Waals surface area contributed by atoms with E-state index >= 15 is 0 Å². The van der Waals surface area contributed by atoms with E-state index in [-0.39, 0.29) is 30.9 Å². The third kappa shape index (κ3) is 13.9. The van der Waals surface area contributed by atoms with Gasteiger partial charge >= 0.3 is 18.3 Å². The van der Waals surface area contributed by atoms with E-state index < -0.39 is 17.3 Å². The minimum Gasteiger partial charge on any atom is -0.445 e. The number of carbonyl (C=O) groups excluding carboxylic acids is 3. The SMILES string of the molecule is CC(C)(C)OC(=O)N1CCCC[C@@H](N)C1.CC(C)(C)OC(=O)N1CCCC[C@@H](NC(=O)OCc2ccccc2)C1. The Kier molecular flexibility index (Phi) is 13.0. The lowest BCUT2D eigenvalue weighted by Crippen LogP contribution is -2.46. The second kappa shape index (κ2) is 15.7. The monoisotopic (exact) mass is 562 g/mol. The smallest absolute Gasteiger partial charge is 0.410 e. The van der Waals surface area contributed by atoms with Crippen LogP contribution in [0.15, 0.2) is 30.3 Å². The van der Waals surface area contributed by atoms with Crippen LogP contribution in [0.4, 0.5) is 14.4 Å². The van der Waals surface area contributed by atoms with Crippen molar-refractivity contribution in [2.75, 3.05) is 26.2 Å². The number of hydrogen-bond acceptors (Lipinski definition) is 7. The minimum atomic E-state index is -0.527. The fourth-order valence-corrected chi connectivity index (χ4v) is 4.35. The van der Waals surface area contributed by atoms with Gasteiger partial charge in [-0.1, -0.05) is 36.8 Å². The molecule has 2 heterocycles. The summed E-state index contributed by atoms with van der Waals surface area (Å²) >= 11 is 0. The molecule has 3 N–H and O–H groups in total. The van der Waals surface area contributed by atoms with E-state index in [1.54, 1.807) is 9.80 Å². The molecule has 2 aliphatic heterocycles. The number of ether oxygens (including phenoxy) is 3. The molecule has 3 rings (SSSR count). The molecule has 0 bridgehead atoms. The van der Waals surface area contributed by atoms with Gasteiger partial charge in [0.1, 0.15) is 17.8 Å². The molecule has 3 amide bonds. The molecule has 0 aliphatic carbocycles. The maximum Gasteiger partial charge on any atom is 0.410 e. The number of nitrogens with two attached hydrogens (primary N) is 1. The minimum absolute atomic E-state index is 0.0972. The van der Waals surface area contributed by atoms with Gasteiger partial charge < -0.3 is 35.1 Å². The van der Waals surface area contributed by atoms with Crippen molar-refractivity contribution < 1.29 is 28.6 Å². The fraction of sp³-hybridized carbons (Fsp3) is 0.700. The van der Waals surface area contributed by atoms with Gasteiger partial charge in [0.05, 0.1) is 0 Å². The summed E-state index contributed by atoms with van der Waals surface area (Å²) in [5, 5.41) is 2.87. The van der Waals surface area contributed by atoms with Gasteiger partial charge in [-0.15, -0.1) is 0 Å². The van der Waals surface area contributed by atoms with Gasteiger partial charge in [-0.25, -0.2) is 14.4 Å². The third-order valence-electron chi connectivity index (χ3n) is 6.22. The van der Waals surface area contributed by atoms with Crippen LogP contribution >= 0.6 is 0 Å². The largest absolute Gasteiger partial charge is 0.445 e. The zero-order chi connectivity index (χ0) is 29.8. The lowest BCUT2D eigenvalue weighted by molar-refractivity contribution is 0.0235. The van der Waals surface area contributed by atoms with E-state index in [0.29, 0.717) is 19.6 Å². The summed E-state index contributed by atoms with van der Waals surface area (Å²) < 4.78 is 16.0. The molecule has 2 saturated heterocycles. The van der Waals surface area contributed by atoms with Crippen LogP contribution in [-0.4, -0.2) is 77.5 Å². The lowest BCUT2D eigenvalue weighted by atomic mass is 10.1. The van der Waals surface area contributed by atoms with Gasteiger partial charge in [0.2, 0.25) is 0 Å². The Morgan fingerprint density at radius 3 is 1.90 bits per heavy atom. The molecule has 40 heavy (non-hydrogen) atoms. The molecule has 1 aromatic carbocycles. The molecule has 0 unspecified atom stereocenters. The van der Waals surface area contributed by atoms with Crippen LogP contribution < -0.4 is 11.1 Å². The van der Waals surface area contributed by atoms with Gasteiger partial charge in [0.15, 0.2) is 0 Å². The van der Waals surface area contributed by atoms with E-state index in [9.17, 15) is 14.4 Å². The molecule has 2 fully saturated rings. The quantitative estimate of drug-likeness (QED) is 0.470. The number of nitrogens with one attached hydrogen (secondary N) is 1. The van der Waals surface area contributed by atoms with Crippen molar-refractivity contribution in [1.82, 2.24) is 15.1 Å². The maximum atomic E-state index is 12.3. The molecule has 10 heteroatoms. The summed E-state index contributed by atoms with van der Waals surface area (Å²) in [5.74, 6) is 0. The maximum absolute atomic E-state index is 12.3. The van der Waals surface area contributed by atoms with Crippen LogP contribution in [0, 0.1) is 0 Å². The Balaban J connectivity index is 0.000000319. The van der Waals surface area contributed by atoms with Crippen molar-refractivity contribution in [2.24, 2.45) is 5.73 Å². The number of nitrogens with zero attached hydrogens (tertiary/aromatic N) is 2. The summed E-state index contributed by atoms with van der Waals surface area (Å²) in [6.45, 7) is 13.9. The average molecular weight is 563 g/mol. The number of amides is 3. The molecule has 0 saturated carbocycles. The summed E-state index contributed by atoms with van der Waals surface area (Å²) in [6, 6.07) is 9.51. The van der Waals surface area contributed by atoms with Gasteiger partial charge in [-0.2, -0.15) is 0 Å². The highest BCUT2D eigenvalue weighted by Crippen LogP contribution is 2.16. The van der Waals surface area contributed by atoms with Crippen LogP contribution in [-0.2, 0) is 20.8 Å². The standard InChI is InChI=1S/C19H28N2O4.C11H22N2O2/c1-19(2,3)25-18(23)21-12-8-7-11-16(13-21)20-17(22)24-14-15-9-5-4-6-10-15;1-11(2,3)15-10(14)13-7-5-4-6-9(12)8-13/h4-6,9-10,16H,7-8,11-14H2,1-3H3,(H,20,22);9H,4-8,12H2,1-3H3/t16-;9-/m11/s1. The number of likely N-dealkylation sites (tertiary alicyclic amines) is 2. The molecular formula is C30H50N4O6. The number of alkyl carbamates (subject to hydrolysis) is 1. The van der Waals surface area contributed by atoms with Gasteiger partial charge in [0.25, 0.3) is 0 Å². The van der Waals surface area contributed by atoms with E-state index in [0.717, 1.165) is 50.6 Å². The number of carbonyl (C=O) groups is 3. The Hall–Kier alpha value is -3.01. The van der Waals surface area contributed by atoms with Crippen LogP contribution in [0.5, 0.6) is 0 Å². The van der Waals surface area contributed by atoms with Crippen LogP contribution in [0.3, 0.4) is 0 Å². The van der Waals surface area contributed by atoms with Gasteiger partial charge in [-0.05, 0) is 79.2 Å². The number of benzene rings is 1. The molecule has 0 aromatic heterocycles. The summed E-state index contributed by atoms with van der Waals surface area (Å²) in [7, 11) is 0. The highest BCUT2D eigenvalue weighted by Gasteiger charge is 2.27.